The molecule has 14 nitrogen and oxygen atoms in total. The Morgan fingerprint density at radius 2 is 2.03 bits per heavy atom. The molecule has 0 aromatic rings. The average Bonchev–Trinajstić information content (AvgIpc) is 3.42. The van der Waals surface area contributed by atoms with Gasteiger partial charge in [0.2, 0.25) is 11.8 Å². The van der Waals surface area contributed by atoms with Gasteiger partial charge in [0.15, 0.2) is 9.84 Å². The Kier molecular flexibility index (Phi) is 7.46. The number of carbonyl (C=O) groups excluding carboxylic acids is 2. The van der Waals surface area contributed by atoms with Gasteiger partial charge in [0.05, 0.1) is 23.6 Å². The van der Waals surface area contributed by atoms with E-state index in [0.717, 1.165) is 0 Å². The minimum Gasteiger partial charge on any atom is -0.477 e. The predicted molar refractivity (Wildman–Crippen MR) is 130 cm³/mol. The fourth-order valence-electron chi connectivity index (χ4n) is 5.30. The van der Waals surface area contributed by atoms with E-state index < -0.39 is 61.9 Å². The van der Waals surface area contributed by atoms with Gasteiger partial charge in [0.1, 0.15) is 11.7 Å². The molecule has 3 saturated heterocycles. The van der Waals surface area contributed by atoms with Crippen LogP contribution < -0.4 is 25.8 Å². The van der Waals surface area contributed by atoms with Gasteiger partial charge in [-0.3, -0.25) is 14.9 Å². The van der Waals surface area contributed by atoms with Crippen LogP contribution in [-0.2, 0) is 34.4 Å². The summed E-state index contributed by atoms with van der Waals surface area (Å²) in [5.41, 5.74) is -0.0630. The summed E-state index contributed by atoms with van der Waals surface area (Å²) < 4.78 is 47.8. The number of rotatable bonds is 9. The van der Waals surface area contributed by atoms with Crippen molar-refractivity contribution in [1.29, 1.82) is 0 Å². The van der Waals surface area contributed by atoms with Gasteiger partial charge in [-0.25, -0.2) is 23.1 Å². The fourth-order valence-corrected chi connectivity index (χ4v) is 8.60. The maximum Gasteiger partial charge on any atom is 0.353 e. The molecule has 7 atom stereocenters. The molecule has 17 heteroatoms. The first-order chi connectivity index (χ1) is 16.7. The SMILES string of the molecule is CC(NC(=O)[C@@H]1CS(=O)(=O)CN1)[C@H]1C(=O)N2C(C(=O)O)=C(S[C@@H]3CN[C@H](CNS(N)(=O)=O)C3)[C@H](C)[C@H]12. The van der Waals surface area contributed by atoms with Gasteiger partial charge >= 0.3 is 5.97 Å². The Morgan fingerprint density at radius 3 is 2.61 bits per heavy atom. The first-order valence-electron chi connectivity index (χ1n) is 11.4. The molecule has 3 fully saturated rings. The third-order valence-electron chi connectivity index (χ3n) is 6.99. The Morgan fingerprint density at radius 1 is 1.33 bits per heavy atom. The van der Waals surface area contributed by atoms with Crippen molar-refractivity contribution in [2.75, 3.05) is 24.7 Å². The number of sulfone groups is 1. The fraction of sp³-hybridized carbons (Fsp3) is 0.737. The molecule has 2 amide bonds. The van der Waals surface area contributed by atoms with Crippen molar-refractivity contribution in [3.8, 4) is 0 Å². The molecule has 1 unspecified atom stereocenters. The number of fused-ring (bicyclic) bond motifs is 1. The van der Waals surface area contributed by atoms with E-state index in [0.29, 0.717) is 17.9 Å². The van der Waals surface area contributed by atoms with Crippen molar-refractivity contribution in [1.82, 2.24) is 25.6 Å². The molecule has 0 bridgehead atoms. The van der Waals surface area contributed by atoms with Crippen LogP contribution in [0.15, 0.2) is 10.6 Å². The number of carbonyl (C=O) groups is 3. The Bertz CT molecular complexity index is 1210. The Labute approximate surface area is 213 Å². The number of thioether (sulfide) groups is 1. The predicted octanol–water partition coefficient (Wildman–Crippen LogP) is -3.14. The van der Waals surface area contributed by atoms with E-state index in [2.05, 4.69) is 20.7 Å². The molecule has 4 rings (SSSR count). The molecule has 36 heavy (non-hydrogen) atoms. The standard InChI is InChI=1S/C19H30N6O8S3/c1-8-14-13(9(2)24-17(26)12-6-35(30,31)7-22-12)18(27)25(14)15(19(28)29)16(8)34-11-3-10(21-5-11)4-23-36(20,32)33/h8-14,21-23H,3-7H2,1-2H3,(H,24,26)(H,28,29)(H2,20,32,33)/t8-,9?,10+,11+,12+,13-,14-/m1/s1. The van der Waals surface area contributed by atoms with Crippen LogP contribution in [0.1, 0.15) is 20.3 Å². The summed E-state index contributed by atoms with van der Waals surface area (Å²) in [5.74, 6) is -3.68. The second kappa shape index (κ2) is 9.85. The number of nitrogens with two attached hydrogens (primary N) is 1. The summed E-state index contributed by atoms with van der Waals surface area (Å²) in [4.78, 5) is 39.6. The number of β-lactam (4-membered cyclic amide) rings is 1. The van der Waals surface area contributed by atoms with E-state index in [1.165, 1.54) is 16.7 Å². The Hall–Kier alpha value is -1.76. The average molecular weight is 567 g/mol. The Balaban J connectivity index is 1.42. The van der Waals surface area contributed by atoms with Gasteiger partial charge in [-0.15, -0.1) is 11.8 Å². The van der Waals surface area contributed by atoms with E-state index in [1.54, 1.807) is 6.92 Å². The third-order valence-corrected chi connectivity index (χ3v) is 10.5. The van der Waals surface area contributed by atoms with Crippen LogP contribution in [0.4, 0.5) is 0 Å². The molecule has 0 aromatic carbocycles. The highest BCUT2D eigenvalue weighted by molar-refractivity contribution is 8.03. The molecular weight excluding hydrogens is 536 g/mol. The highest BCUT2D eigenvalue weighted by Crippen LogP contribution is 2.51. The third kappa shape index (κ3) is 5.41. The molecule has 0 aliphatic carbocycles. The van der Waals surface area contributed by atoms with Crippen molar-refractivity contribution < 1.29 is 36.3 Å². The van der Waals surface area contributed by atoms with Crippen LogP contribution >= 0.6 is 11.8 Å². The van der Waals surface area contributed by atoms with Gasteiger partial charge in [0.25, 0.3) is 10.2 Å². The molecule has 4 aliphatic heterocycles. The van der Waals surface area contributed by atoms with Crippen molar-refractivity contribution >= 4 is 49.6 Å². The smallest absolute Gasteiger partial charge is 0.353 e. The van der Waals surface area contributed by atoms with Crippen LogP contribution in [0.5, 0.6) is 0 Å². The zero-order valence-corrected chi connectivity index (χ0v) is 22.1. The number of nitrogens with one attached hydrogen (secondary N) is 4. The summed E-state index contributed by atoms with van der Waals surface area (Å²) in [7, 11) is -7.16. The maximum atomic E-state index is 13.0. The van der Waals surface area contributed by atoms with E-state index in [-0.39, 0.29) is 41.1 Å². The van der Waals surface area contributed by atoms with Crippen molar-refractivity contribution in [2.45, 2.75) is 49.7 Å². The van der Waals surface area contributed by atoms with Gasteiger partial charge in [0, 0.05) is 41.2 Å². The zero-order chi connectivity index (χ0) is 26.6. The van der Waals surface area contributed by atoms with Crippen LogP contribution in [0.3, 0.4) is 0 Å². The van der Waals surface area contributed by atoms with Gasteiger partial charge < -0.3 is 20.6 Å². The minimum absolute atomic E-state index is 0.0381. The van der Waals surface area contributed by atoms with Crippen LogP contribution in [0.25, 0.3) is 0 Å². The normalized spacial score (nSPS) is 34.4. The van der Waals surface area contributed by atoms with Gasteiger partial charge in [-0.05, 0) is 13.3 Å². The van der Waals surface area contributed by atoms with Crippen LogP contribution in [0.2, 0.25) is 0 Å². The maximum absolute atomic E-state index is 13.0. The topological polar surface area (TPSA) is 217 Å². The van der Waals surface area contributed by atoms with Crippen molar-refractivity contribution in [3.63, 3.8) is 0 Å². The van der Waals surface area contributed by atoms with E-state index in [9.17, 15) is 36.3 Å². The summed E-state index contributed by atoms with van der Waals surface area (Å²) in [6.45, 7) is 4.14. The van der Waals surface area contributed by atoms with Crippen molar-refractivity contribution in [3.05, 3.63) is 10.6 Å². The molecule has 7 N–H and O–H groups in total. The van der Waals surface area contributed by atoms with Crippen LogP contribution in [0, 0.1) is 11.8 Å². The molecule has 0 spiro atoms. The van der Waals surface area contributed by atoms with E-state index in [1.807, 2.05) is 6.92 Å². The largest absolute Gasteiger partial charge is 0.477 e. The summed E-state index contributed by atoms with van der Waals surface area (Å²) >= 11 is 1.36. The lowest BCUT2D eigenvalue weighted by Crippen LogP contribution is -2.66. The zero-order valence-electron chi connectivity index (χ0n) is 19.6. The van der Waals surface area contributed by atoms with E-state index in [4.69, 9.17) is 5.14 Å². The summed E-state index contributed by atoms with van der Waals surface area (Å²) in [6.07, 6.45) is 0.572. The van der Waals surface area contributed by atoms with Crippen molar-refractivity contribution in [2.24, 2.45) is 17.0 Å². The number of aliphatic carboxylic acids is 1. The lowest BCUT2D eigenvalue weighted by atomic mass is 9.78. The van der Waals surface area contributed by atoms with E-state index >= 15 is 0 Å². The highest BCUT2D eigenvalue weighted by Gasteiger charge is 2.60. The van der Waals surface area contributed by atoms with Crippen LogP contribution in [-0.4, -0.2) is 98.8 Å². The molecule has 0 saturated carbocycles. The number of nitrogens with zero attached hydrogens (tertiary/aromatic N) is 1. The molecule has 202 valence electrons. The number of hydrogen-bond donors (Lipinski definition) is 6. The summed E-state index contributed by atoms with van der Waals surface area (Å²) in [5, 5.41) is 23.4. The van der Waals surface area contributed by atoms with Gasteiger partial charge in [-0.1, -0.05) is 6.92 Å². The molecule has 4 heterocycles. The second-order valence-electron chi connectivity index (χ2n) is 9.61. The first kappa shape index (κ1) is 27.3. The number of carboxylic acid groups (broad SMARTS) is 1. The molecular formula is C19H30N6O8S3. The lowest BCUT2D eigenvalue weighted by Gasteiger charge is -2.47. The summed E-state index contributed by atoms with van der Waals surface area (Å²) in [6, 6.07) is -2.13. The lowest BCUT2D eigenvalue weighted by molar-refractivity contribution is -0.158. The quantitative estimate of drug-likeness (QED) is 0.153. The monoisotopic (exact) mass is 566 g/mol. The highest BCUT2D eigenvalue weighted by atomic mass is 32.2. The molecule has 4 aliphatic rings. The number of amides is 2. The first-order valence-corrected chi connectivity index (χ1v) is 15.7. The molecule has 0 radical (unpaired) electrons. The number of carboxylic acids is 1. The minimum atomic E-state index is -3.82. The second-order valence-corrected chi connectivity index (χ2v) is 14.4. The molecule has 0 aromatic heterocycles. The number of hydrogen-bond acceptors (Lipinski definition) is 10. The van der Waals surface area contributed by atoms with Gasteiger partial charge in [-0.2, -0.15) is 8.42 Å².